The van der Waals surface area contributed by atoms with E-state index in [9.17, 15) is 19.2 Å². The van der Waals surface area contributed by atoms with Gasteiger partial charge in [0.05, 0.1) is 11.6 Å². The number of ether oxygens (including phenoxy) is 1. The Morgan fingerprint density at radius 2 is 1.90 bits per heavy atom. The second-order valence-corrected chi connectivity index (χ2v) is 7.29. The van der Waals surface area contributed by atoms with Crippen molar-refractivity contribution in [2.75, 3.05) is 7.05 Å². The van der Waals surface area contributed by atoms with Crippen molar-refractivity contribution in [3.05, 3.63) is 48.0 Å². The van der Waals surface area contributed by atoms with E-state index in [-0.39, 0.29) is 17.1 Å². The maximum absolute atomic E-state index is 13.9. The first-order valence-electron chi connectivity index (χ1n) is 9.62. The van der Waals surface area contributed by atoms with Crippen LogP contribution in [0.25, 0.3) is 11.3 Å². The van der Waals surface area contributed by atoms with Crippen LogP contribution in [0.2, 0.25) is 0 Å². The van der Waals surface area contributed by atoms with Gasteiger partial charge in [-0.25, -0.2) is 9.18 Å². The molecule has 152 valence electrons. The second-order valence-electron chi connectivity index (χ2n) is 7.29. The molecule has 1 aliphatic rings. The van der Waals surface area contributed by atoms with E-state index in [0.29, 0.717) is 12.8 Å². The lowest BCUT2D eigenvalue weighted by atomic mass is 9.81. The molecule has 1 heterocycles. The molecule has 0 bridgehead atoms. The van der Waals surface area contributed by atoms with Crippen LogP contribution in [0.1, 0.15) is 49.6 Å². The van der Waals surface area contributed by atoms with Crippen LogP contribution in [0.3, 0.4) is 0 Å². The van der Waals surface area contributed by atoms with Gasteiger partial charge in [-0.1, -0.05) is 31.4 Å². The predicted molar refractivity (Wildman–Crippen MR) is 103 cm³/mol. The molecule has 1 aromatic heterocycles. The summed E-state index contributed by atoms with van der Waals surface area (Å²) in [6.07, 6.45) is 2.93. The monoisotopic (exact) mass is 398 g/mol. The van der Waals surface area contributed by atoms with Crippen LogP contribution in [-0.2, 0) is 9.53 Å². The van der Waals surface area contributed by atoms with Crippen LogP contribution in [-0.4, -0.2) is 35.5 Å². The summed E-state index contributed by atoms with van der Waals surface area (Å²) in [5.41, 5.74) is -0.637. The summed E-state index contributed by atoms with van der Waals surface area (Å²) < 4.78 is 24.6. The number of benzene rings is 1. The Labute approximate surface area is 168 Å². The minimum Gasteiger partial charge on any atom is -0.449 e. The number of likely N-dealkylation sites (N-methyl/N-ethyl adjacent to an activating group) is 1. The minimum absolute atomic E-state index is 0.127. The molecule has 1 fully saturated rings. The molecule has 0 N–H and O–H groups in total. The molecule has 1 saturated carbocycles. The Balaban J connectivity index is 1.68. The van der Waals surface area contributed by atoms with Gasteiger partial charge in [-0.15, -0.1) is 0 Å². The molecule has 3 rings (SSSR count). The Bertz CT molecular complexity index is 940. The fraction of sp³-hybridized carbons (Fsp3) is 0.409. The van der Waals surface area contributed by atoms with E-state index in [1.165, 1.54) is 36.1 Å². The van der Waals surface area contributed by atoms with E-state index in [1.807, 2.05) is 0 Å². The van der Waals surface area contributed by atoms with Crippen molar-refractivity contribution in [3.8, 4) is 17.4 Å². The number of esters is 1. The van der Waals surface area contributed by atoms with Gasteiger partial charge in [0.25, 0.3) is 5.91 Å². The average Bonchev–Trinajstić information content (AvgIpc) is 3.23. The van der Waals surface area contributed by atoms with Gasteiger partial charge in [-0.05, 0) is 44.0 Å². The van der Waals surface area contributed by atoms with E-state index in [4.69, 9.17) is 9.15 Å². The molecule has 6 nitrogen and oxygen atoms in total. The van der Waals surface area contributed by atoms with E-state index in [2.05, 4.69) is 6.07 Å². The summed E-state index contributed by atoms with van der Waals surface area (Å²) in [5, 5.41) is 9.64. The second kappa shape index (κ2) is 8.48. The highest BCUT2D eigenvalue weighted by atomic mass is 19.1. The molecule has 0 saturated heterocycles. The molecule has 0 aliphatic heterocycles. The Morgan fingerprint density at radius 3 is 2.55 bits per heavy atom. The number of nitriles is 1. The highest BCUT2D eigenvalue weighted by molar-refractivity contribution is 5.90. The van der Waals surface area contributed by atoms with Crippen LogP contribution in [0, 0.1) is 17.1 Å². The van der Waals surface area contributed by atoms with E-state index in [1.54, 1.807) is 19.2 Å². The summed E-state index contributed by atoms with van der Waals surface area (Å²) in [6.45, 7) is 1.46. The smallest absolute Gasteiger partial charge is 0.375 e. The summed E-state index contributed by atoms with van der Waals surface area (Å²) in [7, 11) is 1.57. The maximum atomic E-state index is 13.9. The van der Waals surface area contributed by atoms with Gasteiger partial charge in [0.2, 0.25) is 5.76 Å². The van der Waals surface area contributed by atoms with Crippen molar-refractivity contribution in [1.29, 1.82) is 5.26 Å². The van der Waals surface area contributed by atoms with Gasteiger partial charge in [0.1, 0.15) is 17.1 Å². The number of halogens is 1. The van der Waals surface area contributed by atoms with E-state index < -0.39 is 29.3 Å². The van der Waals surface area contributed by atoms with Crippen LogP contribution in [0.15, 0.2) is 40.8 Å². The normalized spacial score (nSPS) is 16.5. The first-order valence-corrected chi connectivity index (χ1v) is 9.62. The first-order chi connectivity index (χ1) is 13.9. The number of carbonyl (C=O) groups is 2. The van der Waals surface area contributed by atoms with Crippen molar-refractivity contribution in [2.24, 2.45) is 0 Å². The Kier molecular flexibility index (Phi) is 6.02. The zero-order valence-electron chi connectivity index (χ0n) is 16.5. The van der Waals surface area contributed by atoms with Gasteiger partial charge in [0.15, 0.2) is 6.10 Å². The van der Waals surface area contributed by atoms with E-state index >= 15 is 0 Å². The zero-order valence-corrected chi connectivity index (χ0v) is 16.5. The highest BCUT2D eigenvalue weighted by Gasteiger charge is 2.41. The summed E-state index contributed by atoms with van der Waals surface area (Å²) in [5.74, 6) is -1.67. The molecule has 2 aromatic rings. The third-order valence-electron chi connectivity index (χ3n) is 5.44. The number of hydrogen-bond acceptors (Lipinski definition) is 5. The molecular formula is C22H23FN2O4. The number of amides is 1. The van der Waals surface area contributed by atoms with Gasteiger partial charge < -0.3 is 14.1 Å². The predicted octanol–water partition coefficient (Wildman–Crippen LogP) is 4.32. The number of hydrogen-bond donors (Lipinski definition) is 0. The topological polar surface area (TPSA) is 83.5 Å². The lowest BCUT2D eigenvalue weighted by Crippen LogP contribution is -2.53. The number of furan rings is 1. The molecule has 1 aromatic carbocycles. The van der Waals surface area contributed by atoms with Crippen molar-refractivity contribution >= 4 is 11.9 Å². The molecule has 0 spiro atoms. The Morgan fingerprint density at radius 1 is 1.21 bits per heavy atom. The first kappa shape index (κ1) is 20.6. The largest absolute Gasteiger partial charge is 0.449 e. The third kappa shape index (κ3) is 4.16. The standard InChI is InChI=1S/C22H23FN2O4/c1-15(20(26)25(2)22(14-24)12-6-3-7-13-22)28-21(27)19-11-10-18(29-19)16-8-4-5-9-17(16)23/h4-5,8-11,15H,3,6-7,12-13H2,1-2H3/t15-/m1/s1. The lowest BCUT2D eigenvalue weighted by molar-refractivity contribution is -0.143. The summed E-state index contributed by atoms with van der Waals surface area (Å²) in [4.78, 5) is 26.6. The SMILES string of the molecule is C[C@@H](OC(=O)c1ccc(-c2ccccc2F)o1)C(=O)N(C)C1(C#N)CCCCC1. The molecule has 1 aliphatic carbocycles. The molecule has 0 unspecified atom stereocenters. The third-order valence-corrected chi connectivity index (χ3v) is 5.44. The molecule has 29 heavy (non-hydrogen) atoms. The quantitative estimate of drug-likeness (QED) is 0.701. The van der Waals surface area contributed by atoms with Crippen molar-refractivity contribution in [1.82, 2.24) is 4.90 Å². The minimum atomic E-state index is -1.08. The Hall–Kier alpha value is -3.14. The summed E-state index contributed by atoms with van der Waals surface area (Å²) in [6, 6.07) is 11.2. The zero-order chi connectivity index (χ0) is 21.0. The number of carbonyl (C=O) groups excluding carboxylic acids is 2. The van der Waals surface area contributed by atoms with E-state index in [0.717, 1.165) is 19.3 Å². The van der Waals surface area contributed by atoms with Gasteiger partial charge in [0, 0.05) is 7.05 Å². The van der Waals surface area contributed by atoms with Crippen LogP contribution in [0.5, 0.6) is 0 Å². The molecule has 1 amide bonds. The summed E-state index contributed by atoms with van der Waals surface area (Å²) >= 11 is 0. The van der Waals surface area contributed by atoms with Gasteiger partial charge in [-0.2, -0.15) is 5.26 Å². The van der Waals surface area contributed by atoms with Crippen LogP contribution < -0.4 is 0 Å². The molecule has 1 atom stereocenters. The average molecular weight is 398 g/mol. The lowest BCUT2D eigenvalue weighted by Gasteiger charge is -2.39. The highest BCUT2D eigenvalue weighted by Crippen LogP contribution is 2.33. The fourth-order valence-electron chi connectivity index (χ4n) is 3.66. The fourth-order valence-corrected chi connectivity index (χ4v) is 3.66. The molecule has 7 heteroatoms. The van der Waals surface area contributed by atoms with Crippen LogP contribution >= 0.6 is 0 Å². The molecular weight excluding hydrogens is 375 g/mol. The number of nitrogens with zero attached hydrogens (tertiary/aromatic N) is 2. The molecule has 0 radical (unpaired) electrons. The van der Waals surface area contributed by atoms with Crippen LogP contribution in [0.4, 0.5) is 4.39 Å². The van der Waals surface area contributed by atoms with Gasteiger partial charge in [-0.3, -0.25) is 4.79 Å². The van der Waals surface area contributed by atoms with Gasteiger partial charge >= 0.3 is 5.97 Å². The number of rotatable bonds is 5. The maximum Gasteiger partial charge on any atom is 0.375 e. The van der Waals surface area contributed by atoms with Crippen molar-refractivity contribution < 1.29 is 23.1 Å². The van der Waals surface area contributed by atoms with Crippen molar-refractivity contribution in [2.45, 2.75) is 50.7 Å². The van der Waals surface area contributed by atoms with Crippen molar-refractivity contribution in [3.63, 3.8) is 0 Å².